The smallest absolute Gasteiger partial charge is 0.290 e. The van der Waals surface area contributed by atoms with Crippen molar-refractivity contribution in [2.45, 2.75) is 57.0 Å². The number of hydrogen-bond acceptors (Lipinski definition) is 5. The summed E-state index contributed by atoms with van der Waals surface area (Å²) in [4.78, 5) is 39.9. The summed E-state index contributed by atoms with van der Waals surface area (Å²) in [6.45, 7) is 0.600. The molecule has 1 fully saturated rings. The molecule has 0 saturated heterocycles. The summed E-state index contributed by atoms with van der Waals surface area (Å²) in [5.74, 6) is -1.23. The van der Waals surface area contributed by atoms with E-state index in [0.29, 0.717) is 18.9 Å². The molecule has 3 N–H and O–H groups in total. The summed E-state index contributed by atoms with van der Waals surface area (Å²) in [5.41, 5.74) is 7.42. The Morgan fingerprint density at radius 3 is 2.65 bits per heavy atom. The van der Waals surface area contributed by atoms with Crippen LogP contribution in [0, 0.1) is 5.92 Å². The number of rotatable bonds is 6. The van der Waals surface area contributed by atoms with Gasteiger partial charge < -0.3 is 20.5 Å². The number of nitrogens with two attached hydrogens (primary N) is 1. The number of amides is 3. The first kappa shape index (κ1) is 21.1. The van der Waals surface area contributed by atoms with Crippen LogP contribution >= 0.6 is 0 Å². The molecule has 0 radical (unpaired) electrons. The van der Waals surface area contributed by atoms with Gasteiger partial charge in [0.2, 0.25) is 17.6 Å². The number of primary amides is 1. The molecule has 8 heteroatoms. The van der Waals surface area contributed by atoms with Crippen LogP contribution < -0.4 is 11.1 Å². The van der Waals surface area contributed by atoms with Gasteiger partial charge in [-0.15, -0.1) is 0 Å². The molecular formula is C23H28N4O4. The molecule has 1 aromatic carbocycles. The fraction of sp³-hybridized carbons (Fsp3) is 0.478. The number of fused-ring (bicyclic) bond motifs is 1. The molecule has 8 nitrogen and oxygen atoms in total. The van der Waals surface area contributed by atoms with Crippen molar-refractivity contribution < 1.29 is 18.9 Å². The van der Waals surface area contributed by atoms with Crippen LogP contribution in [0.15, 0.2) is 41.1 Å². The van der Waals surface area contributed by atoms with Crippen LogP contribution in [0.4, 0.5) is 0 Å². The minimum atomic E-state index is -0.695. The Hall–Kier alpha value is -3.16. The third kappa shape index (κ3) is 4.78. The standard InChI is InChI=1S/C23H28N4O4/c24-21(28)18-14-27(13-16-8-4-5-9-17(16)18)23(30)19(12-15-6-2-1-3-7-15)26-22(29)20-10-11-25-31-20/h4-5,8-11,15,18-19H,1-3,6-7,12-14H2,(H2,24,28)(H,26,29)/t18?,19-/m0/s1. The summed E-state index contributed by atoms with van der Waals surface area (Å²) in [6, 6.07) is 8.33. The Bertz CT molecular complexity index is 937. The SMILES string of the molecule is NC(=O)C1CN(C(=O)[C@H](CC2CCCCC2)NC(=O)c2ccno2)Cc2ccccc21. The molecule has 2 aromatic rings. The van der Waals surface area contributed by atoms with Gasteiger partial charge in [0.1, 0.15) is 6.04 Å². The summed E-state index contributed by atoms with van der Waals surface area (Å²) in [7, 11) is 0. The van der Waals surface area contributed by atoms with Gasteiger partial charge in [0.25, 0.3) is 5.91 Å². The van der Waals surface area contributed by atoms with Gasteiger partial charge in [0.05, 0.1) is 12.1 Å². The van der Waals surface area contributed by atoms with Gasteiger partial charge in [0, 0.05) is 19.2 Å². The van der Waals surface area contributed by atoms with Crippen molar-refractivity contribution in [2.24, 2.45) is 11.7 Å². The third-order valence-corrected chi connectivity index (χ3v) is 6.41. The average molecular weight is 425 g/mol. The zero-order valence-corrected chi connectivity index (χ0v) is 17.5. The van der Waals surface area contributed by atoms with Gasteiger partial charge in [-0.05, 0) is 23.5 Å². The van der Waals surface area contributed by atoms with E-state index in [9.17, 15) is 14.4 Å². The highest BCUT2D eigenvalue weighted by Crippen LogP contribution is 2.31. The second-order valence-electron chi connectivity index (χ2n) is 8.51. The summed E-state index contributed by atoms with van der Waals surface area (Å²) in [5, 5.41) is 6.42. The maximum absolute atomic E-state index is 13.6. The van der Waals surface area contributed by atoms with Crippen molar-refractivity contribution in [3.05, 3.63) is 53.4 Å². The maximum Gasteiger partial charge on any atom is 0.290 e. The molecule has 3 amide bonds. The molecule has 31 heavy (non-hydrogen) atoms. The molecule has 1 saturated carbocycles. The molecule has 4 rings (SSSR count). The van der Waals surface area contributed by atoms with Gasteiger partial charge >= 0.3 is 0 Å². The van der Waals surface area contributed by atoms with E-state index >= 15 is 0 Å². The zero-order chi connectivity index (χ0) is 21.8. The third-order valence-electron chi connectivity index (χ3n) is 6.41. The molecule has 2 heterocycles. The van der Waals surface area contributed by atoms with Crippen LogP contribution in [0.25, 0.3) is 0 Å². The van der Waals surface area contributed by atoms with Gasteiger partial charge in [-0.1, -0.05) is 61.5 Å². The Kier molecular flexibility index (Phi) is 6.34. The number of benzene rings is 1. The van der Waals surface area contributed by atoms with Gasteiger partial charge in [0.15, 0.2) is 0 Å². The van der Waals surface area contributed by atoms with E-state index in [1.807, 2.05) is 24.3 Å². The number of carbonyl (C=O) groups is 3. The fourth-order valence-corrected chi connectivity index (χ4v) is 4.78. The van der Waals surface area contributed by atoms with E-state index in [0.717, 1.165) is 36.8 Å². The quantitative estimate of drug-likeness (QED) is 0.738. The lowest BCUT2D eigenvalue weighted by Gasteiger charge is -2.36. The lowest BCUT2D eigenvalue weighted by Crippen LogP contribution is -2.52. The Morgan fingerprint density at radius 1 is 1.16 bits per heavy atom. The van der Waals surface area contributed by atoms with E-state index < -0.39 is 23.8 Å². The lowest BCUT2D eigenvalue weighted by molar-refractivity contribution is -0.135. The zero-order valence-electron chi connectivity index (χ0n) is 17.5. The maximum atomic E-state index is 13.6. The van der Waals surface area contributed by atoms with Crippen molar-refractivity contribution in [1.82, 2.24) is 15.4 Å². The normalized spacial score (nSPS) is 20.0. The molecule has 0 spiro atoms. The number of carbonyl (C=O) groups excluding carboxylic acids is 3. The van der Waals surface area contributed by atoms with Crippen molar-refractivity contribution >= 4 is 17.7 Å². The largest absolute Gasteiger partial charge is 0.369 e. The van der Waals surface area contributed by atoms with E-state index in [2.05, 4.69) is 10.5 Å². The molecule has 1 unspecified atom stereocenters. The predicted octanol–water partition coefficient (Wildman–Crippen LogP) is 2.35. The predicted molar refractivity (Wildman–Crippen MR) is 113 cm³/mol. The Morgan fingerprint density at radius 2 is 1.94 bits per heavy atom. The first-order valence-corrected chi connectivity index (χ1v) is 10.9. The molecule has 2 atom stereocenters. The Balaban J connectivity index is 1.55. The first-order valence-electron chi connectivity index (χ1n) is 10.9. The van der Waals surface area contributed by atoms with Gasteiger partial charge in [-0.2, -0.15) is 0 Å². The molecule has 1 aromatic heterocycles. The number of nitrogens with zero attached hydrogens (tertiary/aromatic N) is 2. The van der Waals surface area contributed by atoms with E-state index in [-0.39, 0.29) is 18.2 Å². The topological polar surface area (TPSA) is 119 Å². The van der Waals surface area contributed by atoms with E-state index in [1.54, 1.807) is 4.90 Å². The lowest BCUT2D eigenvalue weighted by atomic mass is 9.84. The van der Waals surface area contributed by atoms with Crippen LogP contribution in [0.2, 0.25) is 0 Å². The van der Waals surface area contributed by atoms with Crippen LogP contribution in [-0.4, -0.2) is 40.4 Å². The van der Waals surface area contributed by atoms with Crippen molar-refractivity contribution in [2.75, 3.05) is 6.54 Å². The highest BCUT2D eigenvalue weighted by molar-refractivity contribution is 5.95. The van der Waals surface area contributed by atoms with Gasteiger partial charge in [-0.3, -0.25) is 14.4 Å². The van der Waals surface area contributed by atoms with Crippen LogP contribution in [0.5, 0.6) is 0 Å². The summed E-state index contributed by atoms with van der Waals surface area (Å²) in [6.07, 6.45) is 7.56. The molecule has 1 aliphatic carbocycles. The van der Waals surface area contributed by atoms with Crippen molar-refractivity contribution in [1.29, 1.82) is 0 Å². The van der Waals surface area contributed by atoms with Crippen molar-refractivity contribution in [3.63, 3.8) is 0 Å². The fourth-order valence-electron chi connectivity index (χ4n) is 4.78. The van der Waals surface area contributed by atoms with E-state index in [4.69, 9.17) is 10.3 Å². The second-order valence-corrected chi connectivity index (χ2v) is 8.51. The molecule has 2 aliphatic rings. The molecule has 1 aliphatic heterocycles. The Labute approximate surface area is 181 Å². The monoisotopic (exact) mass is 424 g/mol. The minimum Gasteiger partial charge on any atom is -0.369 e. The number of nitrogens with one attached hydrogen (secondary N) is 1. The summed E-state index contributed by atoms with van der Waals surface area (Å²) >= 11 is 0. The minimum absolute atomic E-state index is 0.0699. The highest BCUT2D eigenvalue weighted by Gasteiger charge is 2.36. The highest BCUT2D eigenvalue weighted by atomic mass is 16.5. The average Bonchev–Trinajstić information content (AvgIpc) is 3.33. The van der Waals surface area contributed by atoms with Crippen LogP contribution in [0.1, 0.15) is 66.1 Å². The molecule has 0 bridgehead atoms. The second kappa shape index (κ2) is 9.32. The van der Waals surface area contributed by atoms with Crippen LogP contribution in [0.3, 0.4) is 0 Å². The van der Waals surface area contributed by atoms with E-state index in [1.165, 1.54) is 18.7 Å². The van der Waals surface area contributed by atoms with Gasteiger partial charge in [-0.25, -0.2) is 0 Å². The number of hydrogen-bond donors (Lipinski definition) is 2. The molecular weight excluding hydrogens is 396 g/mol. The molecule has 164 valence electrons. The number of aromatic nitrogens is 1. The van der Waals surface area contributed by atoms with Crippen LogP contribution in [-0.2, 0) is 16.1 Å². The first-order chi connectivity index (χ1) is 15.0. The van der Waals surface area contributed by atoms with Crippen molar-refractivity contribution in [3.8, 4) is 0 Å². The summed E-state index contributed by atoms with van der Waals surface area (Å²) < 4.78 is 4.96.